The predicted octanol–water partition coefficient (Wildman–Crippen LogP) is 1.12. The summed E-state index contributed by atoms with van der Waals surface area (Å²) < 4.78 is 31.7. The molecule has 0 aliphatic carbocycles. The van der Waals surface area contributed by atoms with Gasteiger partial charge in [-0.3, -0.25) is 0 Å². The van der Waals surface area contributed by atoms with Gasteiger partial charge in [-0.15, -0.1) is 0 Å². The van der Waals surface area contributed by atoms with Crippen molar-refractivity contribution in [1.82, 2.24) is 4.72 Å². The molecule has 0 spiro atoms. The summed E-state index contributed by atoms with van der Waals surface area (Å²) in [4.78, 5) is 0.201. The van der Waals surface area contributed by atoms with Crippen LogP contribution in [0, 0.1) is 0 Å². The standard InChI is InChI=1S/C11H16BrNO4S/c1-17-8-10(14)6-7-13-18(15,16)11-4-2-9(12)3-5-11/h2-5,10,13-14H,6-8H2,1H3. The van der Waals surface area contributed by atoms with Crippen LogP contribution < -0.4 is 4.72 Å². The Morgan fingerprint density at radius 3 is 2.56 bits per heavy atom. The minimum Gasteiger partial charge on any atom is -0.391 e. The van der Waals surface area contributed by atoms with E-state index in [4.69, 9.17) is 4.74 Å². The van der Waals surface area contributed by atoms with Crippen LogP contribution in [-0.4, -0.2) is 39.9 Å². The highest BCUT2D eigenvalue weighted by atomic mass is 79.9. The first-order valence-electron chi connectivity index (χ1n) is 5.38. The molecule has 0 aromatic heterocycles. The van der Waals surface area contributed by atoms with Crippen LogP contribution in [0.5, 0.6) is 0 Å². The number of benzene rings is 1. The fourth-order valence-electron chi connectivity index (χ4n) is 1.33. The van der Waals surface area contributed by atoms with Gasteiger partial charge in [-0.05, 0) is 30.7 Å². The number of halogens is 1. The zero-order chi connectivity index (χ0) is 13.6. The van der Waals surface area contributed by atoms with Gasteiger partial charge in [-0.1, -0.05) is 15.9 Å². The average molecular weight is 338 g/mol. The molecule has 0 saturated carbocycles. The largest absolute Gasteiger partial charge is 0.391 e. The fraction of sp³-hybridized carbons (Fsp3) is 0.455. The number of ether oxygens (including phenoxy) is 1. The zero-order valence-electron chi connectivity index (χ0n) is 9.97. The van der Waals surface area contributed by atoms with Crippen molar-refractivity contribution >= 4 is 26.0 Å². The van der Waals surface area contributed by atoms with Gasteiger partial charge in [0.25, 0.3) is 0 Å². The van der Waals surface area contributed by atoms with Crippen LogP contribution in [0.4, 0.5) is 0 Å². The van der Waals surface area contributed by atoms with Crippen LogP contribution in [0.3, 0.4) is 0 Å². The number of methoxy groups -OCH3 is 1. The van der Waals surface area contributed by atoms with Crippen molar-refractivity contribution in [3.63, 3.8) is 0 Å². The van der Waals surface area contributed by atoms with Crippen LogP contribution in [0.25, 0.3) is 0 Å². The lowest BCUT2D eigenvalue weighted by molar-refractivity contribution is 0.0603. The van der Waals surface area contributed by atoms with E-state index in [2.05, 4.69) is 20.7 Å². The zero-order valence-corrected chi connectivity index (χ0v) is 12.4. The molecular formula is C11H16BrNO4S. The van der Waals surface area contributed by atoms with Gasteiger partial charge < -0.3 is 9.84 Å². The summed E-state index contributed by atoms with van der Waals surface area (Å²) in [7, 11) is -2.03. The Morgan fingerprint density at radius 1 is 1.39 bits per heavy atom. The smallest absolute Gasteiger partial charge is 0.240 e. The summed E-state index contributed by atoms with van der Waals surface area (Å²) in [6.45, 7) is 0.364. The lowest BCUT2D eigenvalue weighted by Gasteiger charge is -2.10. The molecular weight excluding hydrogens is 322 g/mol. The fourth-order valence-corrected chi connectivity index (χ4v) is 2.64. The number of nitrogens with one attached hydrogen (secondary N) is 1. The molecule has 0 saturated heterocycles. The van der Waals surface area contributed by atoms with E-state index in [9.17, 15) is 13.5 Å². The molecule has 0 fully saturated rings. The Bertz CT molecular complexity index is 460. The SMILES string of the molecule is COCC(O)CCNS(=O)(=O)c1ccc(Br)cc1. The van der Waals surface area contributed by atoms with Crippen molar-refractivity contribution in [2.45, 2.75) is 17.4 Å². The second-order valence-electron chi connectivity index (χ2n) is 3.75. The molecule has 102 valence electrons. The van der Waals surface area contributed by atoms with E-state index in [0.717, 1.165) is 4.47 Å². The minimum absolute atomic E-state index is 0.170. The quantitative estimate of drug-likeness (QED) is 0.781. The molecule has 5 nitrogen and oxygen atoms in total. The van der Waals surface area contributed by atoms with Gasteiger partial charge in [0.05, 0.1) is 17.6 Å². The Balaban J connectivity index is 2.52. The molecule has 1 rings (SSSR count). The summed E-state index contributed by atoms with van der Waals surface area (Å²) in [5.74, 6) is 0. The maximum atomic E-state index is 11.8. The number of aliphatic hydroxyl groups is 1. The van der Waals surface area contributed by atoms with Crippen LogP contribution in [0.1, 0.15) is 6.42 Å². The third-order valence-corrected chi connectivity index (χ3v) is 4.26. The first-order chi connectivity index (χ1) is 8.45. The van der Waals surface area contributed by atoms with Crippen molar-refractivity contribution in [2.24, 2.45) is 0 Å². The summed E-state index contributed by atoms with van der Waals surface area (Å²) in [6, 6.07) is 6.35. The molecule has 2 N–H and O–H groups in total. The van der Waals surface area contributed by atoms with Crippen molar-refractivity contribution in [3.05, 3.63) is 28.7 Å². The molecule has 0 heterocycles. The lowest BCUT2D eigenvalue weighted by Crippen LogP contribution is -2.28. The topological polar surface area (TPSA) is 75.6 Å². The Labute approximate surface area is 115 Å². The maximum Gasteiger partial charge on any atom is 0.240 e. The summed E-state index contributed by atoms with van der Waals surface area (Å²) in [5, 5.41) is 9.39. The molecule has 1 atom stereocenters. The van der Waals surface area contributed by atoms with E-state index in [0.29, 0.717) is 6.42 Å². The van der Waals surface area contributed by atoms with Gasteiger partial charge in [0.2, 0.25) is 10.0 Å². The third kappa shape index (κ3) is 5.03. The second-order valence-corrected chi connectivity index (χ2v) is 6.43. The van der Waals surface area contributed by atoms with E-state index in [1.165, 1.54) is 19.2 Å². The molecule has 0 amide bonds. The molecule has 0 aliphatic heterocycles. The van der Waals surface area contributed by atoms with Gasteiger partial charge >= 0.3 is 0 Å². The molecule has 0 bridgehead atoms. The van der Waals surface area contributed by atoms with E-state index < -0.39 is 16.1 Å². The molecule has 7 heteroatoms. The molecule has 0 radical (unpaired) electrons. The van der Waals surface area contributed by atoms with E-state index in [1.807, 2.05) is 0 Å². The lowest BCUT2D eigenvalue weighted by atomic mass is 10.3. The van der Waals surface area contributed by atoms with Crippen molar-refractivity contribution in [3.8, 4) is 0 Å². The first kappa shape index (κ1) is 15.6. The van der Waals surface area contributed by atoms with Gasteiger partial charge in [0.1, 0.15) is 0 Å². The third-order valence-electron chi connectivity index (χ3n) is 2.25. The summed E-state index contributed by atoms with van der Waals surface area (Å²) in [6.07, 6.45) is -0.355. The Hall–Kier alpha value is -0.470. The van der Waals surface area contributed by atoms with Gasteiger partial charge in [0, 0.05) is 18.1 Å². The molecule has 0 aliphatic rings. The monoisotopic (exact) mass is 337 g/mol. The van der Waals surface area contributed by atoms with Crippen LogP contribution in [0.2, 0.25) is 0 Å². The van der Waals surface area contributed by atoms with E-state index >= 15 is 0 Å². The predicted molar refractivity (Wildman–Crippen MR) is 71.8 cm³/mol. The van der Waals surface area contributed by atoms with E-state index in [-0.39, 0.29) is 18.0 Å². The van der Waals surface area contributed by atoms with Crippen molar-refractivity contribution < 1.29 is 18.3 Å². The van der Waals surface area contributed by atoms with Crippen LogP contribution in [-0.2, 0) is 14.8 Å². The number of hydrogen-bond donors (Lipinski definition) is 2. The average Bonchev–Trinajstić information content (AvgIpc) is 2.29. The second kappa shape index (κ2) is 7.20. The number of rotatable bonds is 7. The van der Waals surface area contributed by atoms with Crippen LogP contribution >= 0.6 is 15.9 Å². The van der Waals surface area contributed by atoms with Crippen LogP contribution in [0.15, 0.2) is 33.6 Å². The first-order valence-corrected chi connectivity index (χ1v) is 7.65. The highest BCUT2D eigenvalue weighted by Gasteiger charge is 2.13. The number of sulfonamides is 1. The molecule has 1 unspecified atom stereocenters. The normalized spacial score (nSPS) is 13.5. The Kier molecular flexibility index (Phi) is 6.24. The highest BCUT2D eigenvalue weighted by Crippen LogP contribution is 2.14. The minimum atomic E-state index is -3.51. The Morgan fingerprint density at radius 2 is 2.00 bits per heavy atom. The van der Waals surface area contributed by atoms with Crippen molar-refractivity contribution in [2.75, 3.05) is 20.3 Å². The number of aliphatic hydroxyl groups excluding tert-OH is 1. The van der Waals surface area contributed by atoms with Gasteiger partial charge in [0.15, 0.2) is 0 Å². The highest BCUT2D eigenvalue weighted by molar-refractivity contribution is 9.10. The molecule has 1 aromatic carbocycles. The summed E-state index contributed by atoms with van der Waals surface area (Å²) in [5.41, 5.74) is 0. The van der Waals surface area contributed by atoms with Gasteiger partial charge in [-0.25, -0.2) is 13.1 Å². The van der Waals surface area contributed by atoms with Gasteiger partial charge in [-0.2, -0.15) is 0 Å². The number of hydrogen-bond acceptors (Lipinski definition) is 4. The summed E-state index contributed by atoms with van der Waals surface area (Å²) >= 11 is 3.24. The van der Waals surface area contributed by atoms with E-state index in [1.54, 1.807) is 12.1 Å². The maximum absolute atomic E-state index is 11.8. The van der Waals surface area contributed by atoms with Crippen molar-refractivity contribution in [1.29, 1.82) is 0 Å². The molecule has 18 heavy (non-hydrogen) atoms. The molecule has 1 aromatic rings.